The molecule has 2 N–H and O–H groups in total. The van der Waals surface area contributed by atoms with Gasteiger partial charge in [0.25, 0.3) is 11.8 Å². The summed E-state index contributed by atoms with van der Waals surface area (Å²) in [4.78, 5) is 25.3. The number of carbonyl (C=O) groups excluding carboxylic acids is 2. The van der Waals surface area contributed by atoms with Gasteiger partial charge < -0.3 is 15.4 Å². The van der Waals surface area contributed by atoms with Crippen molar-refractivity contribution in [1.29, 1.82) is 0 Å². The molecular formula is C25H20F2N2O3S. The Kier molecular flexibility index (Phi) is 6.95. The van der Waals surface area contributed by atoms with Gasteiger partial charge in [0.05, 0.1) is 10.4 Å². The van der Waals surface area contributed by atoms with E-state index in [4.69, 9.17) is 4.74 Å². The lowest BCUT2D eigenvalue weighted by molar-refractivity contribution is 0.0926. The van der Waals surface area contributed by atoms with Crippen LogP contribution >= 0.6 is 11.3 Å². The number of ether oxygens (including phenoxy) is 1. The maximum absolute atomic E-state index is 14.6. The molecule has 0 saturated heterocycles. The molecule has 1 aromatic heterocycles. The monoisotopic (exact) mass is 466 g/mol. The maximum Gasteiger partial charge on any atom is 0.261 e. The third kappa shape index (κ3) is 5.18. The van der Waals surface area contributed by atoms with Gasteiger partial charge in [-0.1, -0.05) is 36.4 Å². The molecular weight excluding hydrogens is 446 g/mol. The molecule has 0 atom stereocenters. The Morgan fingerprint density at radius 2 is 1.45 bits per heavy atom. The van der Waals surface area contributed by atoms with Crippen LogP contribution in [-0.4, -0.2) is 24.9 Å². The summed E-state index contributed by atoms with van der Waals surface area (Å²) in [6.07, 6.45) is 0. The van der Waals surface area contributed by atoms with Crippen LogP contribution in [0, 0.1) is 11.6 Å². The van der Waals surface area contributed by atoms with E-state index in [1.54, 1.807) is 30.3 Å². The predicted molar refractivity (Wildman–Crippen MR) is 124 cm³/mol. The van der Waals surface area contributed by atoms with E-state index in [1.165, 1.54) is 35.6 Å². The smallest absolute Gasteiger partial charge is 0.261 e. The van der Waals surface area contributed by atoms with Gasteiger partial charge >= 0.3 is 0 Å². The van der Waals surface area contributed by atoms with Crippen LogP contribution in [-0.2, 0) is 6.61 Å². The van der Waals surface area contributed by atoms with Gasteiger partial charge in [0.15, 0.2) is 0 Å². The number of nitrogens with one attached hydrogen (secondary N) is 2. The molecule has 0 saturated carbocycles. The molecule has 0 spiro atoms. The van der Waals surface area contributed by atoms with Gasteiger partial charge in [-0.3, -0.25) is 9.59 Å². The molecule has 4 rings (SSSR count). The average Bonchev–Trinajstić information content (AvgIpc) is 3.21. The Balaban J connectivity index is 1.44. The fourth-order valence-corrected chi connectivity index (χ4v) is 4.47. The summed E-state index contributed by atoms with van der Waals surface area (Å²) in [6.45, 7) is 0.250. The number of para-hydroxylation sites is 1. The molecule has 4 aromatic rings. The molecule has 33 heavy (non-hydrogen) atoms. The Bertz CT molecular complexity index is 1290. The first kappa shape index (κ1) is 22.4. The third-order valence-electron chi connectivity index (χ3n) is 4.91. The van der Waals surface area contributed by atoms with Crippen molar-refractivity contribution in [2.24, 2.45) is 0 Å². The number of amides is 2. The van der Waals surface area contributed by atoms with Gasteiger partial charge in [0.1, 0.15) is 24.0 Å². The average molecular weight is 467 g/mol. The largest absolute Gasteiger partial charge is 0.489 e. The van der Waals surface area contributed by atoms with Gasteiger partial charge in [-0.05, 0) is 36.4 Å². The molecule has 3 aromatic carbocycles. The number of halogens is 2. The van der Waals surface area contributed by atoms with Gasteiger partial charge in [-0.25, -0.2) is 8.78 Å². The molecule has 0 aliphatic heterocycles. The Morgan fingerprint density at radius 3 is 2.21 bits per heavy atom. The van der Waals surface area contributed by atoms with Crippen molar-refractivity contribution in [1.82, 2.24) is 10.6 Å². The van der Waals surface area contributed by atoms with Crippen LogP contribution in [0.25, 0.3) is 10.1 Å². The fourth-order valence-electron chi connectivity index (χ4n) is 3.33. The molecule has 8 heteroatoms. The number of fused-ring (bicyclic) bond motifs is 1. The Labute approximate surface area is 193 Å². The summed E-state index contributed by atoms with van der Waals surface area (Å²) in [7, 11) is 0. The molecule has 1 heterocycles. The molecule has 5 nitrogen and oxygen atoms in total. The topological polar surface area (TPSA) is 67.4 Å². The molecule has 168 valence electrons. The zero-order chi connectivity index (χ0) is 23.2. The molecule has 0 fully saturated rings. The van der Waals surface area contributed by atoms with E-state index in [0.717, 1.165) is 0 Å². The number of carbonyl (C=O) groups is 2. The van der Waals surface area contributed by atoms with Gasteiger partial charge in [0, 0.05) is 28.7 Å². The highest BCUT2D eigenvalue weighted by atomic mass is 32.1. The second kappa shape index (κ2) is 10.2. The fraction of sp³-hybridized carbons (Fsp3) is 0.120. The molecule has 2 amide bonds. The quantitative estimate of drug-likeness (QED) is 0.362. The van der Waals surface area contributed by atoms with E-state index in [1.807, 2.05) is 18.2 Å². The second-order valence-corrected chi connectivity index (χ2v) is 8.17. The van der Waals surface area contributed by atoms with E-state index < -0.39 is 23.4 Å². The summed E-state index contributed by atoms with van der Waals surface area (Å²) in [5.41, 5.74) is 0.397. The van der Waals surface area contributed by atoms with E-state index in [0.29, 0.717) is 26.3 Å². The van der Waals surface area contributed by atoms with Crippen molar-refractivity contribution in [3.05, 3.63) is 100 Å². The van der Waals surface area contributed by atoms with E-state index in [9.17, 15) is 18.4 Å². The summed E-state index contributed by atoms with van der Waals surface area (Å²) >= 11 is 1.18. The number of hydrogen-bond acceptors (Lipinski definition) is 4. The molecule has 0 aliphatic rings. The zero-order valence-corrected chi connectivity index (χ0v) is 18.3. The highest BCUT2D eigenvalue weighted by Crippen LogP contribution is 2.34. The highest BCUT2D eigenvalue weighted by molar-refractivity contribution is 7.21. The van der Waals surface area contributed by atoms with E-state index in [-0.39, 0.29) is 25.3 Å². The summed E-state index contributed by atoms with van der Waals surface area (Å²) in [5.74, 6) is -1.40. The van der Waals surface area contributed by atoms with Gasteiger partial charge in [-0.2, -0.15) is 0 Å². The van der Waals surface area contributed by atoms with Crippen molar-refractivity contribution < 1.29 is 23.1 Å². The van der Waals surface area contributed by atoms with E-state index in [2.05, 4.69) is 10.6 Å². The van der Waals surface area contributed by atoms with E-state index >= 15 is 0 Å². The van der Waals surface area contributed by atoms with Crippen LogP contribution in [0.15, 0.2) is 72.8 Å². The lowest BCUT2D eigenvalue weighted by atomic mass is 10.1. The highest BCUT2D eigenvalue weighted by Gasteiger charge is 2.21. The standard InChI is InChI=1S/C25H20F2N2O3S/c26-19-10-5-4-9-17(19)24(30)28-13-14-29-25(31)23-18(15-32-16-7-2-1-3-8-16)22-20(27)11-6-12-21(22)33-23/h1-12H,13-15H2,(H,28,30)(H,29,31). The van der Waals surface area contributed by atoms with Crippen molar-refractivity contribution in [2.45, 2.75) is 6.61 Å². The molecule has 0 bridgehead atoms. The van der Waals surface area contributed by atoms with Crippen LogP contribution in [0.3, 0.4) is 0 Å². The Hall–Kier alpha value is -3.78. The Morgan fingerprint density at radius 1 is 0.788 bits per heavy atom. The lowest BCUT2D eigenvalue weighted by Gasteiger charge is -2.10. The third-order valence-corrected chi connectivity index (χ3v) is 6.11. The van der Waals surface area contributed by atoms with Crippen LogP contribution in [0.1, 0.15) is 25.6 Å². The molecule has 0 aliphatic carbocycles. The molecule has 0 radical (unpaired) electrons. The minimum absolute atomic E-state index is 0.0255. The van der Waals surface area contributed by atoms with Crippen LogP contribution in [0.2, 0.25) is 0 Å². The predicted octanol–water partition coefficient (Wildman–Crippen LogP) is 4.92. The van der Waals surface area contributed by atoms with Crippen LogP contribution in [0.5, 0.6) is 5.75 Å². The first-order valence-electron chi connectivity index (χ1n) is 10.2. The zero-order valence-electron chi connectivity index (χ0n) is 17.4. The summed E-state index contributed by atoms with van der Waals surface area (Å²) in [5, 5.41) is 5.65. The minimum Gasteiger partial charge on any atom is -0.489 e. The molecule has 0 unspecified atom stereocenters. The van der Waals surface area contributed by atoms with Crippen LogP contribution in [0.4, 0.5) is 8.78 Å². The number of thiophene rings is 1. The number of hydrogen-bond donors (Lipinski definition) is 2. The first-order valence-corrected chi connectivity index (χ1v) is 11.0. The number of benzene rings is 3. The number of rotatable bonds is 8. The normalized spacial score (nSPS) is 10.7. The summed E-state index contributed by atoms with van der Waals surface area (Å²) < 4.78 is 34.7. The van der Waals surface area contributed by atoms with Gasteiger partial charge in [-0.15, -0.1) is 11.3 Å². The van der Waals surface area contributed by atoms with Gasteiger partial charge in [0.2, 0.25) is 0 Å². The van der Waals surface area contributed by atoms with Crippen molar-refractivity contribution >= 4 is 33.2 Å². The first-order chi connectivity index (χ1) is 16.0. The van der Waals surface area contributed by atoms with Crippen molar-refractivity contribution in [2.75, 3.05) is 13.1 Å². The maximum atomic E-state index is 14.6. The minimum atomic E-state index is -0.616. The SMILES string of the molecule is O=C(NCCNC(=O)c1sc2cccc(F)c2c1COc1ccccc1)c1ccccc1F. The van der Waals surface area contributed by atoms with Crippen molar-refractivity contribution in [3.63, 3.8) is 0 Å². The van der Waals surface area contributed by atoms with Crippen molar-refractivity contribution in [3.8, 4) is 5.75 Å². The summed E-state index contributed by atoms with van der Waals surface area (Å²) in [6, 6.07) is 19.4. The lowest BCUT2D eigenvalue weighted by Crippen LogP contribution is -2.35. The van der Waals surface area contributed by atoms with Crippen LogP contribution < -0.4 is 15.4 Å². The second-order valence-electron chi connectivity index (χ2n) is 7.12.